The predicted octanol–water partition coefficient (Wildman–Crippen LogP) is 2.70. The molecule has 1 aliphatic heterocycles. The molecule has 1 saturated carbocycles. The summed E-state index contributed by atoms with van der Waals surface area (Å²) < 4.78 is 16.8. The molecule has 0 radical (unpaired) electrons. The molecule has 1 N–H and O–H groups in total. The maximum absolute atomic E-state index is 5.94. The van der Waals surface area contributed by atoms with Crippen LogP contribution in [0, 0.1) is 5.92 Å². The van der Waals surface area contributed by atoms with E-state index in [1.807, 2.05) is 12.1 Å². The van der Waals surface area contributed by atoms with E-state index >= 15 is 0 Å². The predicted molar refractivity (Wildman–Crippen MR) is 72.8 cm³/mol. The number of ether oxygens (including phenoxy) is 3. The molecule has 0 saturated heterocycles. The van der Waals surface area contributed by atoms with Gasteiger partial charge in [-0.25, -0.2) is 0 Å². The first-order valence-corrected chi connectivity index (χ1v) is 7.13. The lowest BCUT2D eigenvalue weighted by Gasteiger charge is -2.13. The quantitative estimate of drug-likeness (QED) is 0.768. The van der Waals surface area contributed by atoms with Crippen LogP contribution >= 0.6 is 0 Å². The van der Waals surface area contributed by atoms with Gasteiger partial charge in [-0.2, -0.15) is 0 Å². The van der Waals surface area contributed by atoms with E-state index in [0.717, 1.165) is 54.8 Å². The maximum atomic E-state index is 5.94. The average Bonchev–Trinajstić information content (AvgIpc) is 3.14. The highest BCUT2D eigenvalue weighted by Crippen LogP contribution is 2.39. The van der Waals surface area contributed by atoms with Crippen molar-refractivity contribution in [1.82, 2.24) is 5.32 Å². The van der Waals surface area contributed by atoms with E-state index in [9.17, 15) is 0 Å². The molecule has 104 valence electrons. The molecule has 4 nitrogen and oxygen atoms in total. The minimum atomic E-state index is 0.309. The van der Waals surface area contributed by atoms with Crippen molar-refractivity contribution in [2.24, 2.45) is 5.92 Å². The first-order valence-electron chi connectivity index (χ1n) is 7.13. The summed E-state index contributed by atoms with van der Waals surface area (Å²) in [6.07, 6.45) is 3.73. The molecule has 3 rings (SSSR count). The number of hydrogen-bond donors (Lipinski definition) is 1. The molecular formula is C15H21NO3. The van der Waals surface area contributed by atoms with Crippen molar-refractivity contribution in [2.75, 3.05) is 19.9 Å². The van der Waals surface area contributed by atoms with E-state index in [1.54, 1.807) is 0 Å². The van der Waals surface area contributed by atoms with Gasteiger partial charge < -0.3 is 19.5 Å². The molecule has 2 aliphatic rings. The zero-order valence-electron chi connectivity index (χ0n) is 11.4. The highest BCUT2D eigenvalue weighted by Gasteiger charge is 2.23. The lowest BCUT2D eigenvalue weighted by molar-refractivity contribution is 0.173. The molecule has 0 spiro atoms. The van der Waals surface area contributed by atoms with Gasteiger partial charge in [-0.3, -0.25) is 0 Å². The molecule has 0 amide bonds. The van der Waals surface area contributed by atoms with Crippen molar-refractivity contribution in [3.8, 4) is 17.2 Å². The lowest BCUT2D eigenvalue weighted by Crippen LogP contribution is -2.15. The Labute approximate surface area is 114 Å². The summed E-state index contributed by atoms with van der Waals surface area (Å²) in [5.41, 5.74) is 1.15. The second kappa shape index (κ2) is 5.70. The van der Waals surface area contributed by atoms with Gasteiger partial charge in [0.1, 0.15) is 5.75 Å². The summed E-state index contributed by atoms with van der Waals surface area (Å²) in [4.78, 5) is 0. The van der Waals surface area contributed by atoms with Gasteiger partial charge in [0.25, 0.3) is 0 Å². The Morgan fingerprint density at radius 1 is 1.26 bits per heavy atom. The van der Waals surface area contributed by atoms with E-state index in [2.05, 4.69) is 12.2 Å². The Hall–Kier alpha value is -1.42. The van der Waals surface area contributed by atoms with Crippen molar-refractivity contribution in [3.05, 3.63) is 17.7 Å². The van der Waals surface area contributed by atoms with Crippen LogP contribution in [-0.4, -0.2) is 19.9 Å². The Morgan fingerprint density at radius 3 is 2.79 bits per heavy atom. The molecule has 1 aliphatic carbocycles. The molecular weight excluding hydrogens is 242 g/mol. The molecule has 4 heteroatoms. The van der Waals surface area contributed by atoms with E-state index in [0.29, 0.717) is 6.79 Å². The van der Waals surface area contributed by atoms with E-state index in [1.165, 1.54) is 12.8 Å². The third-order valence-corrected chi connectivity index (χ3v) is 3.47. The fourth-order valence-corrected chi connectivity index (χ4v) is 2.13. The van der Waals surface area contributed by atoms with Gasteiger partial charge in [0.05, 0.1) is 6.61 Å². The Kier molecular flexibility index (Phi) is 3.78. The Bertz CT molecular complexity index is 443. The molecule has 0 atom stereocenters. The number of hydrogen-bond acceptors (Lipinski definition) is 4. The molecule has 1 heterocycles. The van der Waals surface area contributed by atoms with Gasteiger partial charge in [-0.1, -0.05) is 6.92 Å². The monoisotopic (exact) mass is 263 g/mol. The van der Waals surface area contributed by atoms with E-state index < -0.39 is 0 Å². The van der Waals surface area contributed by atoms with Crippen LogP contribution in [0.3, 0.4) is 0 Å². The molecule has 1 aromatic rings. The normalized spacial score (nSPS) is 16.7. The molecule has 0 aromatic heterocycles. The van der Waals surface area contributed by atoms with Gasteiger partial charge >= 0.3 is 0 Å². The zero-order valence-corrected chi connectivity index (χ0v) is 11.4. The summed E-state index contributed by atoms with van der Waals surface area (Å²) >= 11 is 0. The smallest absolute Gasteiger partial charge is 0.231 e. The number of rotatable bonds is 7. The van der Waals surface area contributed by atoms with Gasteiger partial charge in [-0.05, 0) is 37.8 Å². The Morgan fingerprint density at radius 2 is 2.05 bits per heavy atom. The van der Waals surface area contributed by atoms with Gasteiger partial charge in [-0.15, -0.1) is 0 Å². The highest BCUT2D eigenvalue weighted by molar-refractivity contribution is 5.51. The highest BCUT2D eigenvalue weighted by atomic mass is 16.7. The van der Waals surface area contributed by atoms with Crippen molar-refractivity contribution in [2.45, 2.75) is 32.7 Å². The summed E-state index contributed by atoms with van der Waals surface area (Å²) in [5, 5.41) is 3.41. The van der Waals surface area contributed by atoms with Crippen molar-refractivity contribution in [1.29, 1.82) is 0 Å². The van der Waals surface area contributed by atoms with E-state index in [-0.39, 0.29) is 0 Å². The zero-order chi connectivity index (χ0) is 13.1. The van der Waals surface area contributed by atoms with Crippen molar-refractivity contribution in [3.63, 3.8) is 0 Å². The van der Waals surface area contributed by atoms with Crippen LogP contribution in [-0.2, 0) is 6.54 Å². The van der Waals surface area contributed by atoms with Crippen LogP contribution in [0.2, 0.25) is 0 Å². The minimum Gasteiger partial charge on any atom is -0.493 e. The average molecular weight is 263 g/mol. The SMILES string of the molecule is CCCNCc1cc2c(cc1OCC1CC1)OCO2. The molecule has 0 unspecified atom stereocenters. The van der Waals surface area contributed by atoms with Crippen molar-refractivity contribution >= 4 is 0 Å². The van der Waals surface area contributed by atoms with Crippen LogP contribution in [0.4, 0.5) is 0 Å². The Balaban J connectivity index is 1.72. The van der Waals surface area contributed by atoms with Gasteiger partial charge in [0.2, 0.25) is 6.79 Å². The third kappa shape index (κ3) is 3.13. The minimum absolute atomic E-state index is 0.309. The number of fused-ring (bicyclic) bond motifs is 1. The summed E-state index contributed by atoms with van der Waals surface area (Å²) in [6.45, 7) is 5.11. The first kappa shape index (κ1) is 12.6. The second-order valence-corrected chi connectivity index (χ2v) is 5.24. The van der Waals surface area contributed by atoms with Crippen LogP contribution < -0.4 is 19.5 Å². The fourth-order valence-electron chi connectivity index (χ4n) is 2.13. The second-order valence-electron chi connectivity index (χ2n) is 5.24. The largest absolute Gasteiger partial charge is 0.493 e. The molecule has 0 bridgehead atoms. The molecule has 1 fully saturated rings. The maximum Gasteiger partial charge on any atom is 0.231 e. The lowest BCUT2D eigenvalue weighted by atomic mass is 10.1. The standard InChI is InChI=1S/C15H21NO3/c1-2-5-16-8-12-6-14-15(19-10-18-14)7-13(12)17-9-11-3-4-11/h6-7,11,16H,2-5,8-10H2,1H3. The van der Waals surface area contributed by atoms with Crippen LogP contribution in [0.5, 0.6) is 17.2 Å². The third-order valence-electron chi connectivity index (χ3n) is 3.47. The summed E-state index contributed by atoms with van der Waals surface area (Å²) in [7, 11) is 0. The summed E-state index contributed by atoms with van der Waals surface area (Å²) in [6, 6.07) is 4.00. The van der Waals surface area contributed by atoms with Crippen molar-refractivity contribution < 1.29 is 14.2 Å². The fraction of sp³-hybridized carbons (Fsp3) is 0.600. The van der Waals surface area contributed by atoms with Crippen LogP contribution in [0.25, 0.3) is 0 Å². The molecule has 1 aromatic carbocycles. The first-order chi connectivity index (χ1) is 9.36. The number of benzene rings is 1. The number of nitrogens with one attached hydrogen (secondary N) is 1. The molecule has 19 heavy (non-hydrogen) atoms. The van der Waals surface area contributed by atoms with Gasteiger partial charge in [0, 0.05) is 18.2 Å². The topological polar surface area (TPSA) is 39.7 Å². The summed E-state index contributed by atoms with van der Waals surface area (Å²) in [5.74, 6) is 3.30. The van der Waals surface area contributed by atoms with Crippen LogP contribution in [0.15, 0.2) is 12.1 Å². The van der Waals surface area contributed by atoms with Gasteiger partial charge in [0.15, 0.2) is 11.5 Å². The van der Waals surface area contributed by atoms with E-state index in [4.69, 9.17) is 14.2 Å². The van der Waals surface area contributed by atoms with Crippen LogP contribution in [0.1, 0.15) is 31.7 Å².